The third kappa shape index (κ3) is 2.95. The highest BCUT2D eigenvalue weighted by Crippen LogP contribution is 2.28. The molecule has 2 atom stereocenters. The van der Waals surface area contributed by atoms with Gasteiger partial charge in [0.05, 0.1) is 30.7 Å². The Labute approximate surface area is 126 Å². The second kappa shape index (κ2) is 5.75. The quantitative estimate of drug-likeness (QED) is 0.886. The zero-order chi connectivity index (χ0) is 15.0. The minimum absolute atomic E-state index is 0.0948. The van der Waals surface area contributed by atoms with Crippen LogP contribution in [0.2, 0.25) is 0 Å². The highest BCUT2D eigenvalue weighted by atomic mass is 32.1. The molecule has 2 aliphatic heterocycles. The maximum absolute atomic E-state index is 12.6. The van der Waals surface area contributed by atoms with Crippen LogP contribution < -0.4 is 0 Å². The average molecular weight is 311 g/mol. The second-order valence-electron chi connectivity index (χ2n) is 5.35. The van der Waals surface area contributed by atoms with Crippen LogP contribution in [0.15, 0.2) is 6.07 Å². The van der Waals surface area contributed by atoms with Crippen molar-refractivity contribution in [1.29, 1.82) is 0 Å². The molecule has 0 aliphatic carbocycles. The van der Waals surface area contributed by atoms with E-state index in [2.05, 4.69) is 0 Å². The number of amides is 1. The number of hydrogen-bond acceptors (Lipinski definition) is 5. The van der Waals surface area contributed by atoms with E-state index in [4.69, 9.17) is 14.6 Å². The van der Waals surface area contributed by atoms with Gasteiger partial charge in [-0.15, -0.1) is 11.3 Å². The lowest BCUT2D eigenvalue weighted by molar-refractivity contribution is -0.160. The number of hydrogen-bond donors (Lipinski definition) is 1. The summed E-state index contributed by atoms with van der Waals surface area (Å²) in [7, 11) is 0. The van der Waals surface area contributed by atoms with Crippen molar-refractivity contribution in [1.82, 2.24) is 4.90 Å². The number of fused-ring (bicyclic) bond motifs is 1. The number of aliphatic carboxylic acids is 1. The van der Waals surface area contributed by atoms with Crippen molar-refractivity contribution in [3.8, 4) is 0 Å². The highest BCUT2D eigenvalue weighted by molar-refractivity contribution is 7.14. The summed E-state index contributed by atoms with van der Waals surface area (Å²) in [6.45, 7) is 3.54. The summed E-state index contributed by atoms with van der Waals surface area (Å²) in [6, 6.07) is 1.87. The predicted octanol–water partition coefficient (Wildman–Crippen LogP) is 1.13. The molecule has 2 aliphatic rings. The molecule has 0 bridgehead atoms. The summed E-state index contributed by atoms with van der Waals surface area (Å²) in [5.41, 5.74) is 1.07. The molecule has 0 radical (unpaired) electrons. The topological polar surface area (TPSA) is 76.1 Å². The molecule has 0 spiro atoms. The number of carbonyl (C=O) groups excluding carboxylic acids is 1. The number of carbonyl (C=O) groups is 2. The number of morpholine rings is 1. The second-order valence-corrected chi connectivity index (χ2v) is 6.48. The zero-order valence-electron chi connectivity index (χ0n) is 11.7. The van der Waals surface area contributed by atoms with Gasteiger partial charge in [0, 0.05) is 17.8 Å². The number of rotatable bonds is 2. The SMILES string of the molecule is C[C@@H]1CN(C(=O)c2cc3c(s2)CCOC3)CC(C(=O)O)O1. The van der Waals surface area contributed by atoms with Gasteiger partial charge in [-0.3, -0.25) is 4.79 Å². The smallest absolute Gasteiger partial charge is 0.334 e. The molecular weight excluding hydrogens is 294 g/mol. The molecule has 1 unspecified atom stereocenters. The van der Waals surface area contributed by atoms with E-state index in [1.165, 1.54) is 16.2 Å². The van der Waals surface area contributed by atoms with Gasteiger partial charge in [0.25, 0.3) is 5.91 Å². The molecule has 3 rings (SSSR count). The Morgan fingerprint density at radius 1 is 1.43 bits per heavy atom. The Hall–Kier alpha value is -1.44. The van der Waals surface area contributed by atoms with E-state index in [-0.39, 0.29) is 18.6 Å². The summed E-state index contributed by atoms with van der Waals surface area (Å²) in [6.07, 6.45) is -0.387. The monoisotopic (exact) mass is 311 g/mol. The van der Waals surface area contributed by atoms with E-state index in [9.17, 15) is 9.59 Å². The van der Waals surface area contributed by atoms with Crippen LogP contribution in [0.4, 0.5) is 0 Å². The van der Waals surface area contributed by atoms with E-state index in [1.807, 2.05) is 6.07 Å². The van der Waals surface area contributed by atoms with Crippen LogP contribution in [0.1, 0.15) is 27.0 Å². The normalized spacial score (nSPS) is 25.5. The minimum Gasteiger partial charge on any atom is -0.479 e. The molecule has 1 aromatic rings. The standard InChI is InChI=1S/C14H17NO5S/c1-8-5-15(6-10(20-8)14(17)18)13(16)12-4-9-7-19-3-2-11(9)21-12/h4,8,10H,2-3,5-7H2,1H3,(H,17,18)/t8-,10?/m1/s1. The number of carboxylic acid groups (broad SMARTS) is 1. The summed E-state index contributed by atoms with van der Waals surface area (Å²) < 4.78 is 10.7. The number of carboxylic acids is 1. The fraction of sp³-hybridized carbons (Fsp3) is 0.571. The Balaban J connectivity index is 1.77. The molecule has 1 aromatic heterocycles. The average Bonchev–Trinajstić information content (AvgIpc) is 2.89. The molecule has 1 saturated heterocycles. The minimum atomic E-state index is -1.03. The third-order valence-corrected chi connectivity index (χ3v) is 4.89. The van der Waals surface area contributed by atoms with Crippen LogP contribution >= 0.6 is 11.3 Å². The third-order valence-electron chi connectivity index (χ3n) is 3.66. The van der Waals surface area contributed by atoms with Crippen molar-refractivity contribution in [2.45, 2.75) is 32.2 Å². The van der Waals surface area contributed by atoms with Gasteiger partial charge in [-0.1, -0.05) is 0 Å². The van der Waals surface area contributed by atoms with Gasteiger partial charge in [0.1, 0.15) is 0 Å². The van der Waals surface area contributed by atoms with Gasteiger partial charge in [-0.25, -0.2) is 4.79 Å². The molecule has 1 amide bonds. The van der Waals surface area contributed by atoms with Gasteiger partial charge >= 0.3 is 5.97 Å². The van der Waals surface area contributed by atoms with Crippen molar-refractivity contribution in [3.63, 3.8) is 0 Å². The van der Waals surface area contributed by atoms with Crippen molar-refractivity contribution < 1.29 is 24.2 Å². The fourth-order valence-electron chi connectivity index (χ4n) is 2.66. The first kappa shape index (κ1) is 14.5. The first-order valence-electron chi connectivity index (χ1n) is 6.91. The van der Waals surface area contributed by atoms with Gasteiger partial charge in [-0.05, 0) is 18.6 Å². The van der Waals surface area contributed by atoms with Crippen molar-refractivity contribution in [3.05, 3.63) is 21.4 Å². The molecule has 7 heteroatoms. The van der Waals surface area contributed by atoms with Crippen LogP contribution in [-0.4, -0.2) is 53.8 Å². The van der Waals surface area contributed by atoms with Crippen LogP contribution in [-0.2, 0) is 27.3 Å². The Bertz CT molecular complexity index is 546. The van der Waals surface area contributed by atoms with Gasteiger partial charge in [-0.2, -0.15) is 0 Å². The van der Waals surface area contributed by atoms with E-state index in [1.54, 1.807) is 11.8 Å². The fourth-order valence-corrected chi connectivity index (χ4v) is 3.78. The molecular formula is C14H17NO5S. The molecule has 0 aromatic carbocycles. The number of ether oxygens (including phenoxy) is 2. The first-order chi connectivity index (χ1) is 10.0. The predicted molar refractivity (Wildman–Crippen MR) is 75.6 cm³/mol. The maximum Gasteiger partial charge on any atom is 0.334 e. The summed E-state index contributed by atoms with van der Waals surface area (Å²) >= 11 is 1.49. The van der Waals surface area contributed by atoms with E-state index >= 15 is 0 Å². The van der Waals surface area contributed by atoms with Crippen molar-refractivity contribution >= 4 is 23.2 Å². The van der Waals surface area contributed by atoms with Crippen molar-refractivity contribution in [2.24, 2.45) is 0 Å². The molecule has 1 fully saturated rings. The largest absolute Gasteiger partial charge is 0.479 e. The van der Waals surface area contributed by atoms with Crippen LogP contribution in [0.3, 0.4) is 0 Å². The molecule has 0 saturated carbocycles. The Kier molecular flexibility index (Phi) is 3.97. The van der Waals surface area contributed by atoms with Crippen molar-refractivity contribution in [2.75, 3.05) is 19.7 Å². The lowest BCUT2D eigenvalue weighted by Gasteiger charge is -2.34. The Morgan fingerprint density at radius 3 is 2.95 bits per heavy atom. The summed E-state index contributed by atoms with van der Waals surface area (Å²) in [5, 5.41) is 9.08. The maximum atomic E-state index is 12.6. The van der Waals surface area contributed by atoms with Gasteiger partial charge in [0.2, 0.25) is 0 Å². The van der Waals surface area contributed by atoms with Crippen LogP contribution in [0.5, 0.6) is 0 Å². The zero-order valence-corrected chi connectivity index (χ0v) is 12.5. The van der Waals surface area contributed by atoms with E-state index in [0.717, 1.165) is 12.0 Å². The highest BCUT2D eigenvalue weighted by Gasteiger charge is 2.33. The lowest BCUT2D eigenvalue weighted by Crippen LogP contribution is -2.51. The number of nitrogens with zero attached hydrogens (tertiary/aromatic N) is 1. The van der Waals surface area contributed by atoms with Crippen LogP contribution in [0.25, 0.3) is 0 Å². The molecule has 3 heterocycles. The number of thiophene rings is 1. The Morgan fingerprint density at radius 2 is 2.24 bits per heavy atom. The summed E-state index contributed by atoms with van der Waals surface area (Å²) in [5.74, 6) is -1.14. The molecule has 1 N–H and O–H groups in total. The lowest BCUT2D eigenvalue weighted by atomic mass is 10.1. The molecule has 21 heavy (non-hydrogen) atoms. The molecule has 6 nitrogen and oxygen atoms in total. The molecule has 114 valence electrons. The van der Waals surface area contributed by atoms with E-state index in [0.29, 0.717) is 24.6 Å². The van der Waals surface area contributed by atoms with Gasteiger partial charge in [0.15, 0.2) is 6.10 Å². The summed E-state index contributed by atoms with van der Waals surface area (Å²) in [4.78, 5) is 27.1. The van der Waals surface area contributed by atoms with Gasteiger partial charge < -0.3 is 19.5 Å². The van der Waals surface area contributed by atoms with Crippen LogP contribution in [0, 0.1) is 0 Å². The van der Waals surface area contributed by atoms with E-state index < -0.39 is 12.1 Å². The first-order valence-corrected chi connectivity index (χ1v) is 7.73.